The van der Waals surface area contributed by atoms with E-state index in [0.717, 1.165) is 42.4 Å². The van der Waals surface area contributed by atoms with Gasteiger partial charge in [-0.25, -0.2) is 4.79 Å². The average molecular weight is 552 g/mol. The van der Waals surface area contributed by atoms with Crippen LogP contribution in [0.3, 0.4) is 0 Å². The van der Waals surface area contributed by atoms with Crippen molar-refractivity contribution in [3.63, 3.8) is 0 Å². The molecule has 0 aromatic heterocycles. The van der Waals surface area contributed by atoms with Gasteiger partial charge in [0.05, 0.1) is 0 Å². The van der Waals surface area contributed by atoms with E-state index < -0.39 is 23.8 Å². The van der Waals surface area contributed by atoms with Gasteiger partial charge in [0.25, 0.3) is 5.91 Å². The van der Waals surface area contributed by atoms with Crippen molar-refractivity contribution in [2.24, 2.45) is 5.92 Å². The molecule has 0 saturated heterocycles. The molecule has 2 rings (SSSR count). The minimum absolute atomic E-state index is 0.171. The Labute approximate surface area is 241 Å². The van der Waals surface area contributed by atoms with Gasteiger partial charge in [0.1, 0.15) is 17.7 Å². The summed E-state index contributed by atoms with van der Waals surface area (Å²) in [6.45, 7) is 15.7. The molecule has 7 nitrogen and oxygen atoms in total. The predicted molar refractivity (Wildman–Crippen MR) is 162 cm³/mol. The molecule has 0 radical (unpaired) electrons. The van der Waals surface area contributed by atoms with Crippen LogP contribution in [0.25, 0.3) is 0 Å². The highest BCUT2D eigenvalue weighted by Gasteiger charge is 2.38. The molecule has 0 aliphatic rings. The fourth-order valence-corrected chi connectivity index (χ4v) is 4.60. The SMILES string of the molecule is CCCCCCN(C(=O)C(NC(=O)OC(C)(C)C)C(C)CC)C(C(=O)Nc1ccccc1C)c1cccc(C)c1. The number of anilines is 1. The zero-order valence-corrected chi connectivity index (χ0v) is 25.7. The van der Waals surface area contributed by atoms with Crippen molar-refractivity contribution in [1.29, 1.82) is 0 Å². The van der Waals surface area contributed by atoms with E-state index >= 15 is 0 Å². The highest BCUT2D eigenvalue weighted by Crippen LogP contribution is 2.28. The van der Waals surface area contributed by atoms with Crippen molar-refractivity contribution in [3.05, 3.63) is 65.2 Å². The standard InChI is InChI=1S/C33H49N3O4/c1-9-11-12-15-21-36(31(38)28(24(4)10-2)35-32(39)40-33(6,7)8)29(26-19-16-17-23(3)22-26)30(37)34-27-20-14-13-18-25(27)5/h13-14,16-20,22,24,28-29H,9-12,15,21H2,1-8H3,(H,34,37)(H,35,39). The summed E-state index contributed by atoms with van der Waals surface area (Å²) in [7, 11) is 0. The van der Waals surface area contributed by atoms with Crippen LogP contribution in [0, 0.1) is 19.8 Å². The average Bonchev–Trinajstić information content (AvgIpc) is 2.88. The summed E-state index contributed by atoms with van der Waals surface area (Å²) < 4.78 is 5.51. The van der Waals surface area contributed by atoms with Gasteiger partial charge in [-0.1, -0.05) is 94.5 Å². The van der Waals surface area contributed by atoms with E-state index in [4.69, 9.17) is 4.74 Å². The molecule has 220 valence electrons. The maximum absolute atomic E-state index is 14.4. The zero-order valence-electron chi connectivity index (χ0n) is 25.7. The van der Waals surface area contributed by atoms with Crippen LogP contribution in [0.1, 0.15) is 96.4 Å². The van der Waals surface area contributed by atoms with Crippen LogP contribution >= 0.6 is 0 Å². The molecule has 2 aromatic rings. The summed E-state index contributed by atoms with van der Waals surface area (Å²) in [5, 5.41) is 5.91. The molecule has 3 atom stereocenters. The summed E-state index contributed by atoms with van der Waals surface area (Å²) in [5.74, 6) is -0.747. The van der Waals surface area contributed by atoms with Gasteiger partial charge in [0, 0.05) is 12.2 Å². The second-order valence-electron chi connectivity index (χ2n) is 11.7. The lowest BCUT2D eigenvalue weighted by atomic mass is 9.95. The molecule has 0 saturated carbocycles. The number of hydrogen-bond acceptors (Lipinski definition) is 4. The van der Waals surface area contributed by atoms with E-state index in [1.807, 2.05) is 76.2 Å². The van der Waals surface area contributed by atoms with Crippen LogP contribution in [0.2, 0.25) is 0 Å². The molecule has 7 heteroatoms. The number of alkyl carbamates (subject to hydrolysis) is 1. The van der Waals surface area contributed by atoms with Crippen molar-refractivity contribution < 1.29 is 19.1 Å². The number of aryl methyl sites for hydroxylation is 2. The van der Waals surface area contributed by atoms with Crippen molar-refractivity contribution in [2.45, 2.75) is 105 Å². The molecule has 0 aliphatic heterocycles. The Morgan fingerprint density at radius 3 is 2.25 bits per heavy atom. The highest BCUT2D eigenvalue weighted by atomic mass is 16.6. The summed E-state index contributed by atoms with van der Waals surface area (Å²) in [5.41, 5.74) is 2.66. The third-order valence-electron chi connectivity index (χ3n) is 7.01. The van der Waals surface area contributed by atoms with Crippen LogP contribution in [-0.2, 0) is 14.3 Å². The van der Waals surface area contributed by atoms with Gasteiger partial charge in [0.2, 0.25) is 5.91 Å². The minimum atomic E-state index is -0.874. The molecule has 2 N–H and O–H groups in total. The Balaban J connectivity index is 2.56. The second kappa shape index (κ2) is 15.4. The van der Waals surface area contributed by atoms with Crippen molar-refractivity contribution >= 4 is 23.6 Å². The van der Waals surface area contributed by atoms with Gasteiger partial charge < -0.3 is 20.3 Å². The zero-order chi connectivity index (χ0) is 29.9. The molecule has 0 aliphatic carbocycles. The molecule has 0 fully saturated rings. The summed E-state index contributed by atoms with van der Waals surface area (Å²) in [6, 6.07) is 13.6. The van der Waals surface area contributed by atoms with E-state index in [2.05, 4.69) is 17.6 Å². The molecule has 3 unspecified atom stereocenters. The number of ether oxygens (including phenoxy) is 1. The number of hydrogen-bond donors (Lipinski definition) is 2. The number of nitrogens with one attached hydrogen (secondary N) is 2. The summed E-state index contributed by atoms with van der Waals surface area (Å²) in [4.78, 5) is 43.0. The smallest absolute Gasteiger partial charge is 0.408 e. The highest BCUT2D eigenvalue weighted by molar-refractivity contribution is 5.99. The number of amides is 3. The lowest BCUT2D eigenvalue weighted by molar-refractivity contribution is -0.142. The molecular formula is C33H49N3O4. The first kappa shape index (κ1) is 32.9. The Kier molecular flexibility index (Phi) is 12.7. The third-order valence-corrected chi connectivity index (χ3v) is 7.01. The first-order valence-corrected chi connectivity index (χ1v) is 14.6. The topological polar surface area (TPSA) is 87.7 Å². The third kappa shape index (κ3) is 10.00. The number of unbranched alkanes of at least 4 members (excludes halogenated alkanes) is 3. The lowest BCUT2D eigenvalue weighted by Gasteiger charge is -2.36. The Morgan fingerprint density at radius 2 is 1.65 bits per heavy atom. The Bertz CT molecular complexity index is 1120. The van der Waals surface area contributed by atoms with Gasteiger partial charge in [-0.3, -0.25) is 9.59 Å². The van der Waals surface area contributed by atoms with Gasteiger partial charge in [-0.05, 0) is 64.2 Å². The van der Waals surface area contributed by atoms with Gasteiger partial charge in [0.15, 0.2) is 0 Å². The lowest BCUT2D eigenvalue weighted by Crippen LogP contribution is -2.55. The molecular weight excluding hydrogens is 502 g/mol. The molecule has 0 bridgehead atoms. The van der Waals surface area contributed by atoms with E-state index in [-0.39, 0.29) is 17.7 Å². The molecule has 0 heterocycles. The Morgan fingerprint density at radius 1 is 0.950 bits per heavy atom. The van der Waals surface area contributed by atoms with Crippen LogP contribution in [-0.4, -0.2) is 41.0 Å². The molecule has 3 amide bonds. The Hall–Kier alpha value is -3.35. The summed E-state index contributed by atoms with van der Waals surface area (Å²) >= 11 is 0. The van der Waals surface area contributed by atoms with Crippen LogP contribution in [0.15, 0.2) is 48.5 Å². The molecule has 2 aromatic carbocycles. The second-order valence-corrected chi connectivity index (χ2v) is 11.7. The minimum Gasteiger partial charge on any atom is -0.444 e. The number of carbonyl (C=O) groups is 3. The maximum Gasteiger partial charge on any atom is 0.408 e. The maximum atomic E-state index is 14.4. The van der Waals surface area contributed by atoms with E-state index in [9.17, 15) is 14.4 Å². The number of rotatable bonds is 13. The van der Waals surface area contributed by atoms with Crippen molar-refractivity contribution in [2.75, 3.05) is 11.9 Å². The van der Waals surface area contributed by atoms with Gasteiger partial charge >= 0.3 is 6.09 Å². The van der Waals surface area contributed by atoms with Gasteiger partial charge in [-0.15, -0.1) is 0 Å². The van der Waals surface area contributed by atoms with Gasteiger partial charge in [-0.2, -0.15) is 0 Å². The fraction of sp³-hybridized carbons (Fsp3) is 0.545. The number of para-hydroxylation sites is 1. The molecule has 0 spiro atoms. The van der Waals surface area contributed by atoms with E-state index in [1.165, 1.54) is 0 Å². The predicted octanol–water partition coefficient (Wildman–Crippen LogP) is 7.33. The van der Waals surface area contributed by atoms with Crippen molar-refractivity contribution in [3.8, 4) is 0 Å². The quantitative estimate of drug-likeness (QED) is 0.255. The van der Waals surface area contributed by atoms with Crippen molar-refractivity contribution in [1.82, 2.24) is 10.2 Å². The first-order chi connectivity index (χ1) is 18.9. The largest absolute Gasteiger partial charge is 0.444 e. The fourth-order valence-electron chi connectivity index (χ4n) is 4.60. The van der Waals surface area contributed by atoms with Crippen LogP contribution in [0.5, 0.6) is 0 Å². The number of nitrogens with zero attached hydrogens (tertiary/aromatic N) is 1. The van der Waals surface area contributed by atoms with Crippen LogP contribution < -0.4 is 10.6 Å². The molecule has 40 heavy (non-hydrogen) atoms. The van der Waals surface area contributed by atoms with E-state index in [1.54, 1.807) is 25.7 Å². The normalized spacial score (nSPS) is 13.6. The van der Waals surface area contributed by atoms with Crippen LogP contribution in [0.4, 0.5) is 10.5 Å². The number of benzene rings is 2. The number of carbonyl (C=O) groups excluding carboxylic acids is 3. The monoisotopic (exact) mass is 551 g/mol. The first-order valence-electron chi connectivity index (χ1n) is 14.6. The van der Waals surface area contributed by atoms with E-state index in [0.29, 0.717) is 18.7 Å². The summed E-state index contributed by atoms with van der Waals surface area (Å²) in [6.07, 6.45) is 3.80.